The van der Waals surface area contributed by atoms with Gasteiger partial charge < -0.3 is 9.84 Å². The fourth-order valence-electron chi connectivity index (χ4n) is 2.24. The van der Waals surface area contributed by atoms with Crippen LogP contribution in [0.25, 0.3) is 0 Å². The van der Waals surface area contributed by atoms with E-state index in [1.165, 1.54) is 0 Å². The van der Waals surface area contributed by atoms with Crippen molar-refractivity contribution in [2.45, 2.75) is 31.1 Å². The highest BCUT2D eigenvalue weighted by molar-refractivity contribution is 5.69. The molecule has 0 bridgehead atoms. The molecule has 4 heteroatoms. The minimum absolute atomic E-state index is 0.160. The third-order valence-electron chi connectivity index (χ3n) is 3.28. The molecule has 0 aliphatic heterocycles. The summed E-state index contributed by atoms with van der Waals surface area (Å²) in [6.07, 6.45) is 3.04. The van der Waals surface area contributed by atoms with Crippen molar-refractivity contribution in [3.05, 3.63) is 23.9 Å². The minimum atomic E-state index is -0.760. The van der Waals surface area contributed by atoms with E-state index in [4.69, 9.17) is 9.84 Å². The van der Waals surface area contributed by atoms with Crippen LogP contribution in [0.3, 0.4) is 0 Å². The first-order valence-electron chi connectivity index (χ1n) is 5.40. The van der Waals surface area contributed by atoms with Crippen molar-refractivity contribution in [1.29, 1.82) is 0 Å². The van der Waals surface area contributed by atoms with Gasteiger partial charge >= 0.3 is 5.97 Å². The maximum atomic E-state index is 10.9. The molecular weight excluding hydrogens is 206 g/mol. The highest BCUT2D eigenvalue weighted by Crippen LogP contribution is 2.45. The topological polar surface area (TPSA) is 59.4 Å². The number of aromatic nitrogens is 1. The summed E-state index contributed by atoms with van der Waals surface area (Å²) in [6.45, 7) is 0. The predicted molar refractivity (Wildman–Crippen MR) is 58.6 cm³/mol. The van der Waals surface area contributed by atoms with Crippen LogP contribution < -0.4 is 4.74 Å². The van der Waals surface area contributed by atoms with Crippen LogP contribution in [0.1, 0.15) is 31.4 Å². The molecule has 0 spiro atoms. The Balaban J connectivity index is 2.29. The fraction of sp³-hybridized carbons (Fsp3) is 0.500. The Labute approximate surface area is 94.3 Å². The van der Waals surface area contributed by atoms with Gasteiger partial charge in [0.15, 0.2) is 0 Å². The lowest BCUT2D eigenvalue weighted by Gasteiger charge is -2.40. The summed E-state index contributed by atoms with van der Waals surface area (Å²) in [4.78, 5) is 15.2. The largest absolute Gasteiger partial charge is 0.481 e. The van der Waals surface area contributed by atoms with Gasteiger partial charge in [-0.25, -0.2) is 4.98 Å². The zero-order valence-corrected chi connectivity index (χ0v) is 9.27. The number of carboxylic acid groups (broad SMARTS) is 1. The quantitative estimate of drug-likeness (QED) is 0.844. The molecule has 0 aromatic carbocycles. The van der Waals surface area contributed by atoms with E-state index >= 15 is 0 Å². The number of carboxylic acids is 1. The fourth-order valence-corrected chi connectivity index (χ4v) is 2.24. The molecule has 1 heterocycles. The molecule has 1 aromatic heterocycles. The molecule has 1 aliphatic rings. The second kappa shape index (κ2) is 4.12. The zero-order chi connectivity index (χ0) is 11.6. The molecule has 1 saturated carbocycles. The van der Waals surface area contributed by atoms with Crippen molar-refractivity contribution >= 4 is 5.97 Å². The number of methoxy groups -OCH3 is 1. The molecule has 4 nitrogen and oxygen atoms in total. The first-order valence-corrected chi connectivity index (χ1v) is 5.40. The van der Waals surface area contributed by atoms with Gasteiger partial charge in [0.1, 0.15) is 0 Å². The van der Waals surface area contributed by atoms with E-state index in [0.717, 1.165) is 25.0 Å². The van der Waals surface area contributed by atoms with Crippen LogP contribution in [-0.4, -0.2) is 23.2 Å². The first kappa shape index (κ1) is 10.9. The molecule has 16 heavy (non-hydrogen) atoms. The van der Waals surface area contributed by atoms with Gasteiger partial charge in [0.2, 0.25) is 5.88 Å². The van der Waals surface area contributed by atoms with Crippen molar-refractivity contribution in [1.82, 2.24) is 4.98 Å². The Morgan fingerprint density at radius 2 is 2.31 bits per heavy atom. The van der Waals surface area contributed by atoms with Gasteiger partial charge in [0.25, 0.3) is 0 Å². The summed E-state index contributed by atoms with van der Waals surface area (Å²) >= 11 is 0. The predicted octanol–water partition coefficient (Wildman–Crippen LogP) is 1.99. The van der Waals surface area contributed by atoms with Crippen LogP contribution in [0.5, 0.6) is 5.88 Å². The summed E-state index contributed by atoms with van der Waals surface area (Å²) in [5.41, 5.74) is 0.584. The summed E-state index contributed by atoms with van der Waals surface area (Å²) in [5.74, 6) is -0.210. The lowest BCUT2D eigenvalue weighted by atomic mass is 9.64. The normalized spacial score (nSPS) is 17.6. The number of aliphatic carboxylic acids is 1. The summed E-state index contributed by atoms with van der Waals surface area (Å²) in [7, 11) is 1.57. The number of ether oxygens (including phenoxy) is 1. The Morgan fingerprint density at radius 1 is 1.56 bits per heavy atom. The van der Waals surface area contributed by atoms with Gasteiger partial charge in [-0.3, -0.25) is 4.79 Å². The number of rotatable bonds is 4. The Hall–Kier alpha value is -1.58. The number of hydrogen-bond acceptors (Lipinski definition) is 3. The third-order valence-corrected chi connectivity index (χ3v) is 3.28. The second-order valence-electron chi connectivity index (χ2n) is 4.27. The standard InChI is InChI=1S/C12H15NO3/c1-16-10-5-2-4-9(13-10)12(6-3-7-12)8-11(14)15/h2,4-5H,3,6-8H2,1H3,(H,14,15). The lowest BCUT2D eigenvalue weighted by Crippen LogP contribution is -2.37. The molecule has 0 radical (unpaired) electrons. The SMILES string of the molecule is COc1cccc(C2(CC(=O)O)CCC2)n1. The molecule has 0 saturated heterocycles. The van der Waals surface area contributed by atoms with E-state index in [-0.39, 0.29) is 11.8 Å². The number of nitrogens with zero attached hydrogens (tertiary/aromatic N) is 1. The van der Waals surface area contributed by atoms with Crippen LogP contribution >= 0.6 is 0 Å². The average molecular weight is 221 g/mol. The Bertz CT molecular complexity index is 399. The van der Waals surface area contributed by atoms with E-state index in [0.29, 0.717) is 5.88 Å². The monoisotopic (exact) mass is 221 g/mol. The van der Waals surface area contributed by atoms with Crippen LogP contribution in [0.4, 0.5) is 0 Å². The number of carbonyl (C=O) groups is 1. The van der Waals surface area contributed by atoms with Crippen molar-refractivity contribution in [2.24, 2.45) is 0 Å². The van der Waals surface area contributed by atoms with Crippen molar-refractivity contribution in [3.63, 3.8) is 0 Å². The van der Waals surface area contributed by atoms with Crippen LogP contribution in [0, 0.1) is 0 Å². The smallest absolute Gasteiger partial charge is 0.304 e. The highest BCUT2D eigenvalue weighted by atomic mass is 16.5. The first-order chi connectivity index (χ1) is 7.66. The molecular formula is C12H15NO3. The van der Waals surface area contributed by atoms with Gasteiger partial charge in [0, 0.05) is 11.5 Å². The Morgan fingerprint density at radius 3 is 2.81 bits per heavy atom. The lowest BCUT2D eigenvalue weighted by molar-refractivity contribution is -0.139. The van der Waals surface area contributed by atoms with Gasteiger partial charge in [0.05, 0.1) is 19.2 Å². The molecule has 1 aromatic rings. The number of pyridine rings is 1. The van der Waals surface area contributed by atoms with Gasteiger partial charge in [-0.1, -0.05) is 12.5 Å². The van der Waals surface area contributed by atoms with E-state index < -0.39 is 5.97 Å². The highest BCUT2D eigenvalue weighted by Gasteiger charge is 2.41. The van der Waals surface area contributed by atoms with Gasteiger partial charge in [-0.15, -0.1) is 0 Å². The molecule has 0 amide bonds. The summed E-state index contributed by atoms with van der Waals surface area (Å²) in [6, 6.07) is 5.53. The average Bonchev–Trinajstić information content (AvgIpc) is 2.23. The van der Waals surface area contributed by atoms with E-state index in [1.54, 1.807) is 13.2 Å². The molecule has 1 fully saturated rings. The van der Waals surface area contributed by atoms with Crippen LogP contribution in [0.15, 0.2) is 18.2 Å². The maximum Gasteiger partial charge on any atom is 0.304 e. The molecule has 1 N–H and O–H groups in total. The summed E-state index contributed by atoms with van der Waals surface area (Å²) < 4.78 is 5.07. The molecule has 2 rings (SSSR count). The molecule has 86 valence electrons. The van der Waals surface area contributed by atoms with Gasteiger partial charge in [-0.05, 0) is 18.9 Å². The molecule has 0 unspecified atom stereocenters. The third kappa shape index (κ3) is 1.87. The maximum absolute atomic E-state index is 10.9. The van der Waals surface area contributed by atoms with Crippen molar-refractivity contribution in [3.8, 4) is 5.88 Å². The Kier molecular flexibility index (Phi) is 2.81. The van der Waals surface area contributed by atoms with Crippen LogP contribution in [-0.2, 0) is 10.2 Å². The van der Waals surface area contributed by atoms with E-state index in [2.05, 4.69) is 4.98 Å². The van der Waals surface area contributed by atoms with E-state index in [1.807, 2.05) is 12.1 Å². The summed E-state index contributed by atoms with van der Waals surface area (Å²) in [5, 5.41) is 8.94. The van der Waals surface area contributed by atoms with Crippen LogP contribution in [0.2, 0.25) is 0 Å². The number of hydrogen-bond donors (Lipinski definition) is 1. The second-order valence-corrected chi connectivity index (χ2v) is 4.27. The molecule has 0 atom stereocenters. The zero-order valence-electron chi connectivity index (χ0n) is 9.27. The minimum Gasteiger partial charge on any atom is -0.481 e. The van der Waals surface area contributed by atoms with Gasteiger partial charge in [-0.2, -0.15) is 0 Å². The van der Waals surface area contributed by atoms with Crippen molar-refractivity contribution < 1.29 is 14.6 Å². The molecule has 1 aliphatic carbocycles. The van der Waals surface area contributed by atoms with E-state index in [9.17, 15) is 4.79 Å². The van der Waals surface area contributed by atoms with Crippen molar-refractivity contribution in [2.75, 3.05) is 7.11 Å².